The predicted molar refractivity (Wildman–Crippen MR) is 48.9 cm³/mol. The van der Waals surface area contributed by atoms with E-state index >= 15 is 0 Å². The number of benzene rings is 1. The number of phenols is 1. The molecule has 4 nitrogen and oxygen atoms in total. The molecule has 0 saturated carbocycles. The average Bonchev–Trinajstić information content (AvgIpc) is 2.15. The van der Waals surface area contributed by atoms with Crippen molar-refractivity contribution in [1.82, 2.24) is 0 Å². The summed E-state index contributed by atoms with van der Waals surface area (Å²) >= 11 is 0. The van der Waals surface area contributed by atoms with Gasteiger partial charge in [-0.3, -0.25) is 0 Å². The third-order valence-corrected chi connectivity index (χ3v) is 1.77. The molecule has 4 heteroatoms. The monoisotopic (exact) mass is 191 g/mol. The van der Waals surface area contributed by atoms with Crippen LogP contribution in [0.15, 0.2) is 12.1 Å². The van der Waals surface area contributed by atoms with Crippen molar-refractivity contribution in [2.45, 2.75) is 6.92 Å². The SMILES string of the molecule is COC(=O)c1c(O)cc(C)cc1C#N. The Bertz CT molecular complexity index is 418. The fraction of sp³-hybridized carbons (Fsp3) is 0.200. The van der Waals surface area contributed by atoms with Crippen LogP contribution < -0.4 is 0 Å². The van der Waals surface area contributed by atoms with Gasteiger partial charge in [0.25, 0.3) is 0 Å². The van der Waals surface area contributed by atoms with E-state index in [1.807, 2.05) is 6.07 Å². The standard InChI is InChI=1S/C10H9NO3/c1-6-3-7(5-11)9(8(12)4-6)10(13)14-2/h3-4,12H,1-2H3. The molecule has 1 aromatic carbocycles. The van der Waals surface area contributed by atoms with Gasteiger partial charge in [-0.05, 0) is 24.6 Å². The summed E-state index contributed by atoms with van der Waals surface area (Å²) in [6, 6.07) is 4.76. The molecule has 0 spiro atoms. The number of esters is 1. The smallest absolute Gasteiger partial charge is 0.343 e. The summed E-state index contributed by atoms with van der Waals surface area (Å²) in [6.45, 7) is 1.72. The highest BCUT2D eigenvalue weighted by Gasteiger charge is 2.17. The number of methoxy groups -OCH3 is 1. The van der Waals surface area contributed by atoms with Crippen LogP contribution in [0.4, 0.5) is 0 Å². The third kappa shape index (κ3) is 1.67. The van der Waals surface area contributed by atoms with Gasteiger partial charge in [0.05, 0.1) is 12.7 Å². The van der Waals surface area contributed by atoms with Gasteiger partial charge < -0.3 is 9.84 Å². The summed E-state index contributed by atoms with van der Waals surface area (Å²) in [7, 11) is 1.20. The fourth-order valence-corrected chi connectivity index (χ4v) is 1.17. The maximum atomic E-state index is 11.2. The molecular weight excluding hydrogens is 182 g/mol. The molecule has 0 aliphatic carbocycles. The molecule has 0 radical (unpaired) electrons. The van der Waals surface area contributed by atoms with Crippen LogP contribution in [0, 0.1) is 18.3 Å². The van der Waals surface area contributed by atoms with Gasteiger partial charge >= 0.3 is 5.97 Å². The molecule has 1 rings (SSSR count). The Labute approximate surface area is 81.4 Å². The summed E-state index contributed by atoms with van der Waals surface area (Å²) < 4.78 is 4.45. The molecule has 72 valence electrons. The molecule has 1 N–H and O–H groups in total. The minimum atomic E-state index is -0.709. The van der Waals surface area contributed by atoms with Crippen LogP contribution in [-0.4, -0.2) is 18.2 Å². The first-order chi connectivity index (χ1) is 6.60. The zero-order valence-electron chi connectivity index (χ0n) is 7.87. The summed E-state index contributed by atoms with van der Waals surface area (Å²) in [5.74, 6) is -0.938. The zero-order chi connectivity index (χ0) is 10.7. The topological polar surface area (TPSA) is 70.3 Å². The normalized spacial score (nSPS) is 9.21. The van der Waals surface area contributed by atoms with Gasteiger partial charge in [-0.25, -0.2) is 4.79 Å². The highest BCUT2D eigenvalue weighted by atomic mass is 16.5. The van der Waals surface area contributed by atoms with E-state index in [2.05, 4.69) is 4.74 Å². The highest BCUT2D eigenvalue weighted by Crippen LogP contribution is 2.23. The van der Waals surface area contributed by atoms with E-state index in [0.29, 0.717) is 5.56 Å². The lowest BCUT2D eigenvalue weighted by Crippen LogP contribution is -2.04. The van der Waals surface area contributed by atoms with Crippen LogP contribution in [0.25, 0.3) is 0 Å². The second kappa shape index (κ2) is 3.79. The highest BCUT2D eigenvalue weighted by molar-refractivity contribution is 5.95. The molecule has 1 aromatic rings. The van der Waals surface area contributed by atoms with Gasteiger partial charge in [0.15, 0.2) is 0 Å². The summed E-state index contributed by atoms with van der Waals surface area (Å²) in [5, 5.41) is 18.2. The first-order valence-electron chi connectivity index (χ1n) is 3.92. The third-order valence-electron chi connectivity index (χ3n) is 1.77. The van der Waals surface area contributed by atoms with Crippen molar-refractivity contribution in [3.63, 3.8) is 0 Å². The van der Waals surface area contributed by atoms with E-state index in [4.69, 9.17) is 5.26 Å². The van der Waals surface area contributed by atoms with Gasteiger partial charge in [0.2, 0.25) is 0 Å². The summed E-state index contributed by atoms with van der Waals surface area (Å²) in [5.41, 5.74) is 0.752. The van der Waals surface area contributed by atoms with Crippen LogP contribution in [0.3, 0.4) is 0 Å². The number of carbonyl (C=O) groups excluding carboxylic acids is 1. The lowest BCUT2D eigenvalue weighted by atomic mass is 10.0. The van der Waals surface area contributed by atoms with Crippen molar-refractivity contribution >= 4 is 5.97 Å². The largest absolute Gasteiger partial charge is 0.507 e. The molecule has 0 fully saturated rings. The van der Waals surface area contributed by atoms with Crippen molar-refractivity contribution in [3.8, 4) is 11.8 Å². The molecule has 0 aliphatic rings. The van der Waals surface area contributed by atoms with Gasteiger partial charge in [0, 0.05) is 0 Å². The lowest BCUT2D eigenvalue weighted by molar-refractivity contribution is 0.0597. The number of ether oxygens (including phenoxy) is 1. The van der Waals surface area contributed by atoms with Crippen LogP contribution in [0.1, 0.15) is 21.5 Å². The van der Waals surface area contributed by atoms with E-state index in [9.17, 15) is 9.90 Å². The van der Waals surface area contributed by atoms with Crippen molar-refractivity contribution in [2.75, 3.05) is 7.11 Å². The Kier molecular flexibility index (Phi) is 2.73. The number of nitrogens with zero attached hydrogens (tertiary/aromatic N) is 1. The zero-order valence-corrected chi connectivity index (χ0v) is 7.87. The minimum Gasteiger partial charge on any atom is -0.507 e. The summed E-state index contributed by atoms with van der Waals surface area (Å²) in [4.78, 5) is 11.2. The Hall–Kier alpha value is -2.02. The van der Waals surface area contributed by atoms with Gasteiger partial charge in [-0.2, -0.15) is 5.26 Å². The van der Waals surface area contributed by atoms with E-state index in [1.165, 1.54) is 19.2 Å². The van der Waals surface area contributed by atoms with E-state index in [0.717, 1.165) is 0 Å². The van der Waals surface area contributed by atoms with Crippen molar-refractivity contribution in [3.05, 3.63) is 28.8 Å². The quantitative estimate of drug-likeness (QED) is 0.680. The van der Waals surface area contributed by atoms with Crippen molar-refractivity contribution < 1.29 is 14.6 Å². The molecule has 0 saturated heterocycles. The van der Waals surface area contributed by atoms with E-state index in [1.54, 1.807) is 6.92 Å². The molecule has 0 unspecified atom stereocenters. The van der Waals surface area contributed by atoms with Crippen LogP contribution in [-0.2, 0) is 4.74 Å². The Morgan fingerprint density at radius 2 is 2.21 bits per heavy atom. The molecule has 0 amide bonds. The molecular formula is C10H9NO3. The van der Waals surface area contributed by atoms with Crippen LogP contribution in [0.2, 0.25) is 0 Å². The number of rotatable bonds is 1. The Morgan fingerprint density at radius 1 is 1.57 bits per heavy atom. The molecule has 0 aromatic heterocycles. The first-order valence-corrected chi connectivity index (χ1v) is 3.92. The minimum absolute atomic E-state index is 0.0828. The van der Waals surface area contributed by atoms with E-state index < -0.39 is 5.97 Å². The number of aromatic hydroxyl groups is 1. The van der Waals surface area contributed by atoms with Crippen LogP contribution >= 0.6 is 0 Å². The number of hydrogen-bond donors (Lipinski definition) is 1. The predicted octanol–water partition coefficient (Wildman–Crippen LogP) is 1.36. The number of hydrogen-bond acceptors (Lipinski definition) is 4. The van der Waals surface area contributed by atoms with Gasteiger partial charge in [-0.15, -0.1) is 0 Å². The molecule has 14 heavy (non-hydrogen) atoms. The number of carbonyl (C=O) groups is 1. The van der Waals surface area contributed by atoms with Crippen molar-refractivity contribution in [2.24, 2.45) is 0 Å². The Balaban J connectivity index is 3.42. The molecule has 0 atom stereocenters. The lowest BCUT2D eigenvalue weighted by Gasteiger charge is -2.05. The molecule has 0 aliphatic heterocycles. The number of nitriles is 1. The summed E-state index contributed by atoms with van der Waals surface area (Å²) in [6.07, 6.45) is 0. The van der Waals surface area contributed by atoms with E-state index in [-0.39, 0.29) is 16.9 Å². The van der Waals surface area contributed by atoms with Crippen molar-refractivity contribution in [1.29, 1.82) is 5.26 Å². The second-order valence-corrected chi connectivity index (χ2v) is 2.81. The second-order valence-electron chi connectivity index (χ2n) is 2.81. The molecule has 0 bridgehead atoms. The number of phenolic OH excluding ortho intramolecular Hbond substituents is 1. The van der Waals surface area contributed by atoms with Crippen LogP contribution in [0.5, 0.6) is 5.75 Å². The van der Waals surface area contributed by atoms with Gasteiger partial charge in [0.1, 0.15) is 17.4 Å². The maximum absolute atomic E-state index is 11.2. The average molecular weight is 191 g/mol. The number of aryl methyl sites for hydroxylation is 1. The fourth-order valence-electron chi connectivity index (χ4n) is 1.17. The molecule has 0 heterocycles. The van der Waals surface area contributed by atoms with Gasteiger partial charge in [-0.1, -0.05) is 0 Å². The first kappa shape index (κ1) is 10.1. The Morgan fingerprint density at radius 3 is 2.71 bits per heavy atom. The maximum Gasteiger partial charge on any atom is 0.343 e.